The van der Waals surface area contributed by atoms with Gasteiger partial charge >= 0.3 is 0 Å². The van der Waals surface area contributed by atoms with Gasteiger partial charge in [-0.3, -0.25) is 4.79 Å². The molecule has 0 radical (unpaired) electrons. The highest BCUT2D eigenvalue weighted by atomic mass is 35.5. The third-order valence-corrected chi connectivity index (χ3v) is 4.03. The van der Waals surface area contributed by atoms with Crippen LogP contribution >= 0.6 is 20.8 Å². The van der Waals surface area contributed by atoms with Crippen molar-refractivity contribution in [3.63, 3.8) is 0 Å². The zero-order valence-corrected chi connectivity index (χ0v) is 12.6. The Kier molecular flexibility index (Phi) is 3.40. The summed E-state index contributed by atoms with van der Waals surface area (Å²) < 4.78 is 14.0. The smallest absolute Gasteiger partial charge is 0.198 e. The van der Waals surface area contributed by atoms with Gasteiger partial charge in [0.1, 0.15) is 11.5 Å². The molecule has 1 aromatic carbocycles. The number of halogens is 2. The Labute approximate surface area is 126 Å². The predicted molar refractivity (Wildman–Crippen MR) is 84.7 cm³/mol. The van der Waals surface area contributed by atoms with Gasteiger partial charge in [0.05, 0.1) is 10.6 Å². The number of fused-ring (bicyclic) bond motifs is 1. The van der Waals surface area contributed by atoms with E-state index in [-0.39, 0.29) is 5.56 Å². The Morgan fingerprint density at radius 2 is 2.19 bits per heavy atom. The van der Waals surface area contributed by atoms with Gasteiger partial charge in [-0.1, -0.05) is 11.6 Å². The van der Waals surface area contributed by atoms with E-state index < -0.39 is 11.6 Å². The summed E-state index contributed by atoms with van der Waals surface area (Å²) in [5.41, 5.74) is 6.81. The van der Waals surface area contributed by atoms with Crippen LogP contribution in [0.3, 0.4) is 0 Å². The molecule has 3 aromatic rings. The van der Waals surface area contributed by atoms with Crippen LogP contribution in [-0.4, -0.2) is 15.8 Å². The maximum Gasteiger partial charge on any atom is 0.198 e. The summed E-state index contributed by atoms with van der Waals surface area (Å²) >= 11 is 5.90. The zero-order valence-electron chi connectivity index (χ0n) is 10.7. The molecule has 0 aliphatic heterocycles. The average molecular weight is 322 g/mol. The van der Waals surface area contributed by atoms with Crippen molar-refractivity contribution >= 4 is 48.6 Å². The van der Waals surface area contributed by atoms with Crippen molar-refractivity contribution in [3.8, 4) is 0 Å². The second-order valence-electron chi connectivity index (χ2n) is 4.51. The van der Waals surface area contributed by atoms with E-state index in [2.05, 4.69) is 19.2 Å². The van der Waals surface area contributed by atoms with E-state index in [1.165, 1.54) is 24.5 Å². The number of benzene rings is 1. The molecule has 2 heterocycles. The molecule has 0 saturated heterocycles. The molecule has 0 amide bonds. The molecule has 7 heteroatoms. The van der Waals surface area contributed by atoms with Gasteiger partial charge in [0.2, 0.25) is 0 Å². The number of ketones is 1. The Morgan fingerprint density at radius 1 is 1.43 bits per heavy atom. The van der Waals surface area contributed by atoms with Gasteiger partial charge in [-0.2, -0.15) is 0 Å². The largest absolute Gasteiger partial charge is 0.398 e. The molecule has 0 aliphatic carbocycles. The first-order valence-corrected chi connectivity index (χ1v) is 6.95. The number of nitrogens with zero attached hydrogens (tertiary/aromatic N) is 1. The summed E-state index contributed by atoms with van der Waals surface area (Å²) in [5.74, 6) is -1.09. The average Bonchev–Trinajstić information content (AvgIpc) is 2.86. The van der Waals surface area contributed by atoms with E-state index >= 15 is 0 Å². The molecule has 0 bridgehead atoms. The molecule has 0 fully saturated rings. The van der Waals surface area contributed by atoms with Crippen molar-refractivity contribution in [1.82, 2.24) is 9.97 Å². The number of carbonyl (C=O) groups is 1. The minimum Gasteiger partial charge on any atom is -0.398 e. The molecular weight excluding hydrogens is 312 g/mol. The molecule has 21 heavy (non-hydrogen) atoms. The minimum absolute atomic E-state index is 0.0686. The minimum atomic E-state index is -0.622. The number of hydrogen-bond acceptors (Lipinski definition) is 3. The summed E-state index contributed by atoms with van der Waals surface area (Å²) in [7, 11) is 2.30. The normalized spacial score (nSPS) is 11.0. The fourth-order valence-electron chi connectivity index (χ4n) is 2.14. The first-order chi connectivity index (χ1) is 9.99. The second-order valence-corrected chi connectivity index (χ2v) is 5.52. The zero-order chi connectivity index (χ0) is 15.1. The molecule has 106 valence electrons. The molecule has 0 spiro atoms. The predicted octanol–water partition coefficient (Wildman–Crippen LogP) is 2.67. The van der Waals surface area contributed by atoms with Crippen LogP contribution in [0, 0.1) is 5.82 Å². The molecule has 3 rings (SSSR count). The number of rotatable bonds is 2. The quantitative estimate of drug-likeness (QED) is 0.433. The lowest BCUT2D eigenvalue weighted by Crippen LogP contribution is -2.16. The standard InChI is InChI=1S/C14H10ClFN3OP/c15-6-3-7-8(5-19-14(7)18-4-6)12(20)11-9(16)1-2-10(17)13(11)21/h1-5H,17,21H2,(H,18,19). The highest BCUT2D eigenvalue weighted by Crippen LogP contribution is 2.24. The van der Waals surface area contributed by atoms with E-state index in [0.29, 0.717) is 32.6 Å². The van der Waals surface area contributed by atoms with Crippen LogP contribution < -0.4 is 11.0 Å². The Bertz CT molecular complexity index is 878. The number of nitrogens with two attached hydrogens (primary N) is 1. The van der Waals surface area contributed by atoms with Gasteiger partial charge in [-0.25, -0.2) is 9.37 Å². The fourth-order valence-corrected chi connectivity index (χ4v) is 2.66. The summed E-state index contributed by atoms with van der Waals surface area (Å²) in [4.78, 5) is 19.6. The lowest BCUT2D eigenvalue weighted by molar-refractivity contribution is 0.103. The van der Waals surface area contributed by atoms with Crippen molar-refractivity contribution in [3.05, 3.63) is 52.6 Å². The second kappa shape index (κ2) is 5.10. The van der Waals surface area contributed by atoms with Crippen LogP contribution in [0.2, 0.25) is 5.02 Å². The SMILES string of the molecule is Nc1ccc(F)c(C(=O)c2c[nH]c3ncc(Cl)cc23)c1P. The molecule has 3 N–H and O–H groups in total. The number of carbonyl (C=O) groups excluding carboxylic acids is 1. The topological polar surface area (TPSA) is 71.8 Å². The van der Waals surface area contributed by atoms with E-state index in [1.807, 2.05) is 0 Å². The van der Waals surface area contributed by atoms with Crippen LogP contribution in [-0.2, 0) is 0 Å². The van der Waals surface area contributed by atoms with Gasteiger partial charge in [0.15, 0.2) is 5.78 Å². The third-order valence-electron chi connectivity index (χ3n) is 3.20. The number of nitrogens with one attached hydrogen (secondary N) is 1. The highest BCUT2D eigenvalue weighted by molar-refractivity contribution is 7.28. The van der Waals surface area contributed by atoms with Crippen LogP contribution in [0.1, 0.15) is 15.9 Å². The summed E-state index contributed by atoms with van der Waals surface area (Å²) in [6.45, 7) is 0. The van der Waals surface area contributed by atoms with Crippen LogP contribution in [0.5, 0.6) is 0 Å². The van der Waals surface area contributed by atoms with Gasteiger partial charge < -0.3 is 10.7 Å². The van der Waals surface area contributed by atoms with Gasteiger partial charge in [0.25, 0.3) is 0 Å². The lowest BCUT2D eigenvalue weighted by Gasteiger charge is -2.08. The van der Waals surface area contributed by atoms with E-state index in [9.17, 15) is 9.18 Å². The molecule has 2 aromatic heterocycles. The third kappa shape index (κ3) is 2.28. The fraction of sp³-hybridized carbons (Fsp3) is 0. The summed E-state index contributed by atoms with van der Waals surface area (Å²) in [6.07, 6.45) is 2.96. The molecule has 4 nitrogen and oxygen atoms in total. The van der Waals surface area contributed by atoms with Crippen molar-refractivity contribution in [2.45, 2.75) is 0 Å². The van der Waals surface area contributed by atoms with Crippen molar-refractivity contribution in [2.75, 3.05) is 5.73 Å². The monoisotopic (exact) mass is 321 g/mol. The number of aromatic nitrogens is 2. The Balaban J connectivity index is 2.22. The van der Waals surface area contributed by atoms with Crippen molar-refractivity contribution < 1.29 is 9.18 Å². The first-order valence-electron chi connectivity index (χ1n) is 6.00. The highest BCUT2D eigenvalue weighted by Gasteiger charge is 2.21. The van der Waals surface area contributed by atoms with Gasteiger partial charge in [-0.15, -0.1) is 9.24 Å². The molecule has 1 unspecified atom stereocenters. The number of nitrogen functional groups attached to an aromatic ring is 1. The number of aromatic amines is 1. The molecule has 0 saturated carbocycles. The van der Waals surface area contributed by atoms with Gasteiger partial charge in [-0.05, 0) is 18.2 Å². The van der Waals surface area contributed by atoms with Crippen LogP contribution in [0.25, 0.3) is 11.0 Å². The summed E-state index contributed by atoms with van der Waals surface area (Å²) in [5, 5.41) is 1.28. The Hall–Kier alpha value is -1.97. The van der Waals surface area contributed by atoms with E-state index in [0.717, 1.165) is 0 Å². The first kappa shape index (κ1) is 14.0. The number of H-pyrrole nitrogens is 1. The van der Waals surface area contributed by atoms with Crippen LogP contribution in [0.15, 0.2) is 30.6 Å². The number of anilines is 1. The Morgan fingerprint density at radius 3 is 2.95 bits per heavy atom. The summed E-state index contributed by atoms with van der Waals surface area (Å²) in [6, 6.07) is 4.21. The molecule has 0 aliphatic rings. The van der Waals surface area contributed by atoms with Crippen molar-refractivity contribution in [1.29, 1.82) is 0 Å². The van der Waals surface area contributed by atoms with E-state index in [1.54, 1.807) is 6.07 Å². The van der Waals surface area contributed by atoms with Crippen LogP contribution in [0.4, 0.5) is 10.1 Å². The maximum absolute atomic E-state index is 14.0. The lowest BCUT2D eigenvalue weighted by atomic mass is 10.0. The van der Waals surface area contributed by atoms with E-state index in [4.69, 9.17) is 17.3 Å². The molecular formula is C14H10ClFN3OP. The van der Waals surface area contributed by atoms with Crippen molar-refractivity contribution in [2.24, 2.45) is 0 Å². The number of pyridine rings is 1. The molecule has 1 atom stereocenters. The number of hydrogen-bond donors (Lipinski definition) is 2. The maximum atomic E-state index is 14.0. The van der Waals surface area contributed by atoms with Gasteiger partial charge in [0, 0.05) is 34.3 Å².